The van der Waals surface area contributed by atoms with Crippen molar-refractivity contribution in [2.75, 3.05) is 7.11 Å². The van der Waals surface area contributed by atoms with Crippen LogP contribution in [0.5, 0.6) is 0 Å². The number of methoxy groups -OCH3 is 1. The summed E-state index contributed by atoms with van der Waals surface area (Å²) in [6.07, 6.45) is 0.359. The molecule has 0 aromatic heterocycles. The maximum atomic E-state index is 12.2. The Bertz CT molecular complexity index is 439. The smallest absolute Gasteiger partial charge is 0.411 e. The van der Waals surface area contributed by atoms with E-state index in [1.54, 1.807) is 20.8 Å². The van der Waals surface area contributed by atoms with Crippen molar-refractivity contribution in [2.45, 2.75) is 57.2 Å². The summed E-state index contributed by atoms with van der Waals surface area (Å²) in [7, 11) is 1.26. The average molecular weight is 269 g/mol. The Kier molecular flexibility index (Phi) is 3.07. The first kappa shape index (κ1) is 13.8. The van der Waals surface area contributed by atoms with Crippen LogP contribution in [0, 0.1) is 0 Å². The molecule has 2 aliphatic rings. The van der Waals surface area contributed by atoms with Crippen LogP contribution >= 0.6 is 0 Å². The van der Waals surface area contributed by atoms with Crippen molar-refractivity contribution in [1.29, 1.82) is 0 Å². The van der Waals surface area contributed by atoms with Crippen LogP contribution in [0.25, 0.3) is 0 Å². The molecule has 0 radical (unpaired) electrons. The van der Waals surface area contributed by atoms with Crippen molar-refractivity contribution < 1.29 is 23.9 Å². The van der Waals surface area contributed by atoms with Crippen LogP contribution in [0.2, 0.25) is 0 Å². The second kappa shape index (κ2) is 4.21. The molecule has 2 saturated heterocycles. The molecule has 0 aromatic rings. The molecular formula is C13H19NO5. The van der Waals surface area contributed by atoms with E-state index >= 15 is 0 Å². The van der Waals surface area contributed by atoms with E-state index in [9.17, 15) is 14.4 Å². The topological polar surface area (TPSA) is 72.9 Å². The first-order valence-electron chi connectivity index (χ1n) is 6.35. The van der Waals surface area contributed by atoms with Gasteiger partial charge < -0.3 is 9.47 Å². The molecule has 0 spiro atoms. The van der Waals surface area contributed by atoms with Gasteiger partial charge in [0.25, 0.3) is 0 Å². The molecule has 6 heteroatoms. The molecule has 0 aromatic carbocycles. The van der Waals surface area contributed by atoms with Gasteiger partial charge in [0.1, 0.15) is 5.60 Å². The van der Waals surface area contributed by atoms with Gasteiger partial charge in [-0.05, 0) is 33.6 Å². The molecule has 2 aliphatic heterocycles. The number of hydrogen-bond donors (Lipinski definition) is 0. The lowest BCUT2D eigenvalue weighted by Gasteiger charge is -2.32. The number of Topliss-reactive ketones (excluding diaryl/α,β-unsaturated/α-hetero) is 1. The number of carbonyl (C=O) groups is 3. The Morgan fingerprint density at radius 3 is 2.47 bits per heavy atom. The molecule has 0 saturated carbocycles. The second-order valence-corrected chi connectivity index (χ2v) is 6.07. The summed E-state index contributed by atoms with van der Waals surface area (Å²) in [5.41, 5.74) is -1.82. The minimum atomic E-state index is -1.15. The highest BCUT2D eigenvalue weighted by Crippen LogP contribution is 2.45. The van der Waals surface area contributed by atoms with Crippen molar-refractivity contribution in [3.05, 3.63) is 0 Å². The Balaban J connectivity index is 2.30. The summed E-state index contributed by atoms with van der Waals surface area (Å²) < 4.78 is 10.1. The summed E-state index contributed by atoms with van der Waals surface area (Å²) in [4.78, 5) is 37.4. The predicted molar refractivity (Wildman–Crippen MR) is 65.5 cm³/mol. The summed E-state index contributed by atoms with van der Waals surface area (Å²) >= 11 is 0. The fraction of sp³-hybridized carbons (Fsp3) is 0.769. The Morgan fingerprint density at radius 2 is 2.00 bits per heavy atom. The third kappa shape index (κ3) is 2.09. The van der Waals surface area contributed by atoms with Gasteiger partial charge in [-0.1, -0.05) is 0 Å². The fourth-order valence-corrected chi connectivity index (χ4v) is 2.88. The first-order chi connectivity index (χ1) is 8.71. The quantitative estimate of drug-likeness (QED) is 0.670. The second-order valence-electron chi connectivity index (χ2n) is 6.07. The Hall–Kier alpha value is -1.59. The summed E-state index contributed by atoms with van der Waals surface area (Å²) in [6, 6.07) is -0.547. The number of ketones is 1. The molecule has 0 N–H and O–H groups in total. The highest BCUT2D eigenvalue weighted by atomic mass is 16.6. The number of rotatable bonds is 1. The molecule has 106 valence electrons. The number of carbonyl (C=O) groups excluding carboxylic acids is 3. The van der Waals surface area contributed by atoms with Crippen LogP contribution in [0.15, 0.2) is 0 Å². The Morgan fingerprint density at radius 1 is 1.37 bits per heavy atom. The maximum absolute atomic E-state index is 12.2. The molecule has 0 aliphatic carbocycles. The summed E-state index contributed by atoms with van der Waals surface area (Å²) in [5.74, 6) is -0.630. The van der Waals surface area contributed by atoms with Gasteiger partial charge in [0, 0.05) is 6.42 Å². The van der Waals surface area contributed by atoms with Gasteiger partial charge in [-0.25, -0.2) is 9.59 Å². The lowest BCUT2D eigenvalue weighted by atomic mass is 9.87. The zero-order valence-corrected chi connectivity index (χ0v) is 11.7. The zero-order chi connectivity index (χ0) is 14.4. The van der Waals surface area contributed by atoms with E-state index in [1.165, 1.54) is 12.0 Å². The summed E-state index contributed by atoms with van der Waals surface area (Å²) in [5, 5.41) is 0. The van der Waals surface area contributed by atoms with Gasteiger partial charge in [0.2, 0.25) is 0 Å². The van der Waals surface area contributed by atoms with Crippen molar-refractivity contribution in [3.8, 4) is 0 Å². The average Bonchev–Trinajstić information content (AvgIpc) is 2.78. The maximum Gasteiger partial charge on any atom is 0.411 e. The van der Waals surface area contributed by atoms with Gasteiger partial charge in [-0.15, -0.1) is 0 Å². The third-order valence-corrected chi connectivity index (χ3v) is 3.60. The van der Waals surface area contributed by atoms with E-state index in [-0.39, 0.29) is 12.2 Å². The molecule has 2 atom stereocenters. The van der Waals surface area contributed by atoms with Gasteiger partial charge >= 0.3 is 12.1 Å². The number of esters is 1. The first-order valence-corrected chi connectivity index (χ1v) is 6.35. The third-order valence-electron chi connectivity index (χ3n) is 3.60. The normalized spacial score (nSPS) is 29.6. The van der Waals surface area contributed by atoms with E-state index in [4.69, 9.17) is 9.47 Å². The SMILES string of the molecule is COC(=O)[C@@]12CC[C@H](C(=O)C1)N2C(=O)OC(C)(C)C. The lowest BCUT2D eigenvalue weighted by molar-refractivity contribution is -0.152. The molecule has 6 nitrogen and oxygen atoms in total. The number of ether oxygens (including phenoxy) is 2. The Labute approximate surface area is 112 Å². The lowest BCUT2D eigenvalue weighted by Crippen LogP contribution is -2.52. The van der Waals surface area contributed by atoms with Crippen molar-refractivity contribution in [2.24, 2.45) is 0 Å². The standard InChI is InChI=1S/C13H19NO5/c1-12(2,3)19-11(17)14-8-5-6-13(14,7-9(8)15)10(16)18-4/h8H,5-7H2,1-4H3/t8-,13-/m1/s1. The van der Waals surface area contributed by atoms with Crippen LogP contribution in [-0.2, 0) is 19.1 Å². The highest BCUT2D eigenvalue weighted by molar-refractivity contribution is 6.02. The van der Waals surface area contributed by atoms with Gasteiger partial charge in [-0.2, -0.15) is 0 Å². The predicted octanol–water partition coefficient (Wildman–Crippen LogP) is 1.27. The monoisotopic (exact) mass is 269 g/mol. The number of fused-ring (bicyclic) bond motifs is 2. The molecule has 2 rings (SSSR count). The van der Waals surface area contributed by atoms with Crippen LogP contribution < -0.4 is 0 Å². The van der Waals surface area contributed by atoms with Gasteiger partial charge in [-0.3, -0.25) is 9.69 Å². The molecule has 0 unspecified atom stereocenters. The molecule has 19 heavy (non-hydrogen) atoms. The van der Waals surface area contributed by atoms with Crippen LogP contribution in [0.4, 0.5) is 4.79 Å². The van der Waals surface area contributed by atoms with Crippen molar-refractivity contribution in [3.63, 3.8) is 0 Å². The minimum absolute atomic E-state index is 0.0313. The van der Waals surface area contributed by atoms with Crippen molar-refractivity contribution >= 4 is 17.8 Å². The van der Waals surface area contributed by atoms with Crippen molar-refractivity contribution in [1.82, 2.24) is 4.90 Å². The number of nitrogens with zero attached hydrogens (tertiary/aromatic N) is 1. The largest absolute Gasteiger partial charge is 0.467 e. The van der Waals surface area contributed by atoms with Crippen LogP contribution in [0.1, 0.15) is 40.0 Å². The molecule has 1 amide bonds. The zero-order valence-electron chi connectivity index (χ0n) is 11.7. The van der Waals surface area contributed by atoms with E-state index in [2.05, 4.69) is 0 Å². The van der Waals surface area contributed by atoms with Crippen LogP contribution in [0.3, 0.4) is 0 Å². The number of amides is 1. The summed E-state index contributed by atoms with van der Waals surface area (Å²) in [6.45, 7) is 5.24. The minimum Gasteiger partial charge on any atom is -0.467 e. The van der Waals surface area contributed by atoms with Gasteiger partial charge in [0.05, 0.1) is 13.2 Å². The van der Waals surface area contributed by atoms with E-state index in [0.717, 1.165) is 0 Å². The molecule has 2 bridgehead atoms. The number of hydrogen-bond acceptors (Lipinski definition) is 5. The fourth-order valence-electron chi connectivity index (χ4n) is 2.88. The molecule has 2 heterocycles. The van der Waals surface area contributed by atoms with E-state index < -0.39 is 29.2 Å². The molecule has 2 fully saturated rings. The van der Waals surface area contributed by atoms with Gasteiger partial charge in [0.15, 0.2) is 11.3 Å². The van der Waals surface area contributed by atoms with E-state index in [1.807, 2.05) is 0 Å². The molecular weight excluding hydrogens is 250 g/mol. The van der Waals surface area contributed by atoms with E-state index in [0.29, 0.717) is 12.8 Å². The van der Waals surface area contributed by atoms with Crippen LogP contribution in [-0.4, -0.2) is 47.0 Å². The highest BCUT2D eigenvalue weighted by Gasteiger charge is 2.64.